The predicted octanol–water partition coefficient (Wildman–Crippen LogP) is 0.193. The van der Waals surface area contributed by atoms with Crippen LogP contribution in [0.2, 0.25) is 0 Å². The summed E-state index contributed by atoms with van der Waals surface area (Å²) in [5, 5.41) is 11.2. The van der Waals surface area contributed by atoms with Crippen LogP contribution in [0.4, 0.5) is 4.79 Å². The second kappa shape index (κ2) is 4.84. The van der Waals surface area contributed by atoms with Crippen LogP contribution in [0.15, 0.2) is 24.3 Å². The fraction of sp³-hybridized carbons (Fsp3) is 0.273. The summed E-state index contributed by atoms with van der Waals surface area (Å²) in [7, 11) is 0. The first kappa shape index (κ1) is 11.4. The van der Waals surface area contributed by atoms with E-state index in [4.69, 9.17) is 14.6 Å². The molecule has 2 N–H and O–H groups in total. The number of ether oxygens (including phenoxy) is 2. The minimum Gasteiger partial charge on any atom is -0.445 e. The molecule has 1 aromatic carbocycles. The van der Waals surface area contributed by atoms with Crippen LogP contribution in [0.1, 0.15) is 5.56 Å². The summed E-state index contributed by atoms with van der Waals surface area (Å²) in [6.07, 6.45) is -0.773. The van der Waals surface area contributed by atoms with Crippen molar-refractivity contribution < 1.29 is 24.2 Å². The number of nitrogens with one attached hydrogen (secondary N) is 1. The first-order valence-electron chi connectivity index (χ1n) is 5.04. The van der Waals surface area contributed by atoms with E-state index in [9.17, 15) is 9.59 Å². The summed E-state index contributed by atoms with van der Waals surface area (Å²) in [6.45, 7) is -0.455. The molecule has 2 aliphatic heterocycles. The second-order valence-electron chi connectivity index (χ2n) is 3.52. The van der Waals surface area contributed by atoms with Crippen LogP contribution in [0.5, 0.6) is 5.75 Å². The highest BCUT2D eigenvalue weighted by atomic mass is 16.6. The fourth-order valence-corrected chi connectivity index (χ4v) is 1.35. The molecule has 17 heavy (non-hydrogen) atoms. The molecule has 0 radical (unpaired) electrons. The lowest BCUT2D eigenvalue weighted by Gasteiger charge is -2.13. The molecule has 0 spiro atoms. The molecule has 0 unspecified atom stereocenters. The van der Waals surface area contributed by atoms with E-state index in [1.165, 1.54) is 0 Å². The molecule has 0 aliphatic carbocycles. The zero-order valence-corrected chi connectivity index (χ0v) is 8.88. The van der Waals surface area contributed by atoms with Crippen molar-refractivity contribution in [3.63, 3.8) is 0 Å². The van der Waals surface area contributed by atoms with Crippen LogP contribution in [0.3, 0.4) is 0 Å². The number of benzene rings is 1. The molecule has 2 aliphatic rings. The van der Waals surface area contributed by atoms with Gasteiger partial charge in [0.1, 0.15) is 12.4 Å². The summed E-state index contributed by atoms with van der Waals surface area (Å²) in [5.74, 6) is -0.382. The molecule has 1 atom stereocenters. The number of fused-ring (bicyclic) bond motifs is 8. The van der Waals surface area contributed by atoms with E-state index in [0.717, 1.165) is 5.56 Å². The largest absolute Gasteiger partial charge is 0.445 e. The average Bonchev–Trinajstić information content (AvgIpc) is 2.38. The third kappa shape index (κ3) is 2.73. The number of esters is 1. The third-order valence-electron chi connectivity index (χ3n) is 2.27. The first-order chi connectivity index (χ1) is 8.19. The minimum absolute atomic E-state index is 0.0957. The Morgan fingerprint density at radius 3 is 2.65 bits per heavy atom. The maximum Gasteiger partial charge on any atom is 0.408 e. The lowest BCUT2D eigenvalue weighted by Crippen LogP contribution is -2.45. The van der Waals surface area contributed by atoms with E-state index < -0.39 is 24.7 Å². The number of hydrogen-bond donors (Lipinski definition) is 2. The first-order valence-corrected chi connectivity index (χ1v) is 5.04. The van der Waals surface area contributed by atoms with Gasteiger partial charge in [-0.3, -0.25) is 0 Å². The molecule has 0 saturated carbocycles. The van der Waals surface area contributed by atoms with Gasteiger partial charge in [-0.2, -0.15) is 0 Å². The van der Waals surface area contributed by atoms with Crippen LogP contribution in [-0.4, -0.2) is 29.8 Å². The number of amides is 1. The third-order valence-corrected chi connectivity index (χ3v) is 2.27. The molecule has 2 bridgehead atoms. The number of carbonyl (C=O) groups excluding carboxylic acids is 2. The Morgan fingerprint density at radius 2 is 2.00 bits per heavy atom. The second-order valence-corrected chi connectivity index (χ2v) is 3.52. The smallest absolute Gasteiger partial charge is 0.408 e. The van der Waals surface area contributed by atoms with Crippen LogP contribution < -0.4 is 10.1 Å². The van der Waals surface area contributed by atoms with Gasteiger partial charge in [0.2, 0.25) is 0 Å². The van der Waals surface area contributed by atoms with Crippen molar-refractivity contribution in [1.82, 2.24) is 5.32 Å². The highest BCUT2D eigenvalue weighted by molar-refractivity contribution is 5.83. The van der Waals surface area contributed by atoms with Crippen LogP contribution in [0.25, 0.3) is 0 Å². The Hall–Kier alpha value is -2.08. The van der Waals surface area contributed by atoms with E-state index in [-0.39, 0.29) is 6.61 Å². The molecule has 0 saturated heterocycles. The molecule has 0 aromatic heterocycles. The van der Waals surface area contributed by atoms with Gasteiger partial charge in [-0.05, 0) is 17.7 Å². The molecule has 2 heterocycles. The number of alkyl carbamates (subject to hydrolysis) is 1. The Balaban J connectivity index is 2.25. The Bertz CT molecular complexity index is 428. The van der Waals surface area contributed by atoms with Gasteiger partial charge in [-0.1, -0.05) is 12.1 Å². The van der Waals surface area contributed by atoms with Gasteiger partial charge < -0.3 is 19.9 Å². The number of carbonyl (C=O) groups is 2. The SMILES string of the molecule is O=C1N[C@@H](CO)C(=O)Oc2ccc(cc2)CO1. The van der Waals surface area contributed by atoms with Gasteiger partial charge in [0.25, 0.3) is 0 Å². The van der Waals surface area contributed by atoms with Crippen molar-refractivity contribution in [2.75, 3.05) is 6.61 Å². The van der Waals surface area contributed by atoms with Crippen LogP contribution in [-0.2, 0) is 16.1 Å². The van der Waals surface area contributed by atoms with Crippen LogP contribution >= 0.6 is 0 Å². The Labute approximate surface area is 97.1 Å². The van der Waals surface area contributed by atoms with Gasteiger partial charge in [-0.15, -0.1) is 0 Å². The van der Waals surface area contributed by atoms with E-state index >= 15 is 0 Å². The monoisotopic (exact) mass is 237 g/mol. The molecule has 0 fully saturated rings. The van der Waals surface area contributed by atoms with Gasteiger partial charge in [-0.25, -0.2) is 9.59 Å². The van der Waals surface area contributed by atoms with Crippen molar-refractivity contribution in [3.05, 3.63) is 29.8 Å². The fourth-order valence-electron chi connectivity index (χ4n) is 1.35. The summed E-state index contributed by atoms with van der Waals surface area (Å²) in [6, 6.07) is 5.45. The average molecular weight is 237 g/mol. The van der Waals surface area contributed by atoms with Crippen molar-refractivity contribution in [2.45, 2.75) is 12.6 Å². The standard InChI is InChI=1S/C11H11NO5/c13-5-9-10(14)17-8-3-1-7(2-4-8)6-16-11(15)12-9/h1-4,9,13H,5-6H2,(H,12,15)/t9-/m0/s1. The molecular weight excluding hydrogens is 226 g/mol. The lowest BCUT2D eigenvalue weighted by molar-refractivity contribution is -0.137. The van der Waals surface area contributed by atoms with E-state index in [2.05, 4.69) is 5.32 Å². The molecule has 90 valence electrons. The summed E-state index contributed by atoms with van der Waals surface area (Å²) in [4.78, 5) is 22.8. The quantitative estimate of drug-likeness (QED) is 0.538. The zero-order valence-electron chi connectivity index (χ0n) is 8.88. The topological polar surface area (TPSA) is 84.9 Å². The van der Waals surface area contributed by atoms with Gasteiger partial charge in [0.05, 0.1) is 6.61 Å². The Kier molecular flexibility index (Phi) is 3.24. The molecule has 1 amide bonds. The number of aliphatic hydroxyl groups excluding tert-OH is 1. The minimum atomic E-state index is -1.13. The predicted molar refractivity (Wildman–Crippen MR) is 56.3 cm³/mol. The Morgan fingerprint density at radius 1 is 1.29 bits per heavy atom. The van der Waals surface area contributed by atoms with E-state index in [0.29, 0.717) is 5.75 Å². The summed E-state index contributed by atoms with van der Waals surface area (Å²) < 4.78 is 9.85. The maximum absolute atomic E-state index is 11.6. The summed E-state index contributed by atoms with van der Waals surface area (Å²) >= 11 is 0. The molecule has 6 nitrogen and oxygen atoms in total. The van der Waals surface area contributed by atoms with E-state index in [1.807, 2.05) is 0 Å². The van der Waals surface area contributed by atoms with Crippen molar-refractivity contribution in [3.8, 4) is 5.75 Å². The van der Waals surface area contributed by atoms with Crippen LogP contribution in [0, 0.1) is 0 Å². The van der Waals surface area contributed by atoms with Gasteiger partial charge in [0.15, 0.2) is 6.04 Å². The summed E-state index contributed by atoms with van der Waals surface area (Å²) in [5.41, 5.74) is 0.780. The molecular formula is C11H11NO5. The number of hydrogen-bond acceptors (Lipinski definition) is 5. The van der Waals surface area contributed by atoms with E-state index in [1.54, 1.807) is 24.3 Å². The van der Waals surface area contributed by atoms with Crippen molar-refractivity contribution in [1.29, 1.82) is 0 Å². The lowest BCUT2D eigenvalue weighted by atomic mass is 10.2. The van der Waals surface area contributed by atoms with Gasteiger partial charge >= 0.3 is 12.1 Å². The highest BCUT2D eigenvalue weighted by Crippen LogP contribution is 2.14. The number of rotatable bonds is 1. The van der Waals surface area contributed by atoms with Gasteiger partial charge in [0, 0.05) is 0 Å². The highest BCUT2D eigenvalue weighted by Gasteiger charge is 2.23. The molecule has 1 aromatic rings. The van der Waals surface area contributed by atoms with Crippen molar-refractivity contribution >= 4 is 12.1 Å². The zero-order chi connectivity index (χ0) is 12.3. The maximum atomic E-state index is 11.6. The molecule has 6 heteroatoms. The number of aliphatic hydroxyl groups is 1. The normalized spacial score (nSPS) is 19.9. The molecule has 3 rings (SSSR count). The van der Waals surface area contributed by atoms with Crippen molar-refractivity contribution in [2.24, 2.45) is 0 Å².